The van der Waals surface area contributed by atoms with E-state index in [4.69, 9.17) is 4.74 Å². The van der Waals surface area contributed by atoms with Crippen LogP contribution in [0, 0.1) is 12.7 Å². The van der Waals surface area contributed by atoms with Gasteiger partial charge in [0.25, 0.3) is 5.91 Å². The molecule has 1 aromatic carbocycles. The van der Waals surface area contributed by atoms with Crippen LogP contribution in [-0.4, -0.2) is 22.5 Å². The van der Waals surface area contributed by atoms with Crippen molar-refractivity contribution >= 4 is 23.2 Å². The van der Waals surface area contributed by atoms with Crippen molar-refractivity contribution in [1.29, 1.82) is 0 Å². The predicted molar refractivity (Wildman–Crippen MR) is 90.7 cm³/mol. The lowest BCUT2D eigenvalue weighted by atomic mass is 10.3. The molecule has 0 aliphatic heterocycles. The number of para-hydroxylation sites is 1. The normalized spacial score (nSPS) is 11.6. The van der Waals surface area contributed by atoms with Crippen molar-refractivity contribution in [3.05, 3.63) is 50.8 Å². The van der Waals surface area contributed by atoms with Crippen LogP contribution >= 0.6 is 11.3 Å². The molecule has 0 saturated carbocycles. The van der Waals surface area contributed by atoms with Crippen LogP contribution in [-0.2, 0) is 16.1 Å². The molecule has 2 rings (SSSR count). The number of hydrogen-bond donors (Lipinski definition) is 2. The van der Waals surface area contributed by atoms with Gasteiger partial charge < -0.3 is 9.30 Å². The Morgan fingerprint density at radius 3 is 2.68 bits per heavy atom. The van der Waals surface area contributed by atoms with Gasteiger partial charge in [0.15, 0.2) is 17.7 Å². The Labute approximate surface area is 147 Å². The highest BCUT2D eigenvalue weighted by atomic mass is 32.1. The molecular weight excluding hydrogens is 349 g/mol. The SMILES string of the molecule is Cc1csc(=O)n1CCC(=O)NNC(=O)C(C)Oc1ccccc1F. The zero-order chi connectivity index (χ0) is 18.4. The van der Waals surface area contributed by atoms with Crippen molar-refractivity contribution < 1.29 is 18.7 Å². The van der Waals surface area contributed by atoms with Gasteiger partial charge in [0.2, 0.25) is 5.91 Å². The van der Waals surface area contributed by atoms with Gasteiger partial charge in [0.05, 0.1) is 0 Å². The van der Waals surface area contributed by atoms with Crippen molar-refractivity contribution in [3.63, 3.8) is 0 Å². The number of aromatic nitrogens is 1. The summed E-state index contributed by atoms with van der Waals surface area (Å²) >= 11 is 1.07. The molecule has 1 unspecified atom stereocenters. The highest BCUT2D eigenvalue weighted by molar-refractivity contribution is 7.07. The number of nitrogens with one attached hydrogen (secondary N) is 2. The van der Waals surface area contributed by atoms with E-state index in [-0.39, 0.29) is 23.6 Å². The standard InChI is InChI=1S/C16H18FN3O4S/c1-10-9-25-16(23)20(10)8-7-14(21)18-19-15(22)11(2)24-13-6-4-3-5-12(13)17/h3-6,9,11H,7-8H2,1-2H3,(H,18,21)(H,19,22). The Balaban J connectivity index is 1.78. The van der Waals surface area contributed by atoms with E-state index in [0.717, 1.165) is 17.0 Å². The van der Waals surface area contributed by atoms with E-state index in [0.29, 0.717) is 0 Å². The van der Waals surface area contributed by atoms with Crippen LogP contribution in [0.1, 0.15) is 19.0 Å². The van der Waals surface area contributed by atoms with Gasteiger partial charge in [-0.25, -0.2) is 4.39 Å². The number of amides is 2. The second-order valence-corrected chi connectivity index (χ2v) is 6.09. The second-order valence-electron chi connectivity index (χ2n) is 5.27. The fourth-order valence-corrected chi connectivity index (χ4v) is 2.73. The molecule has 0 aliphatic rings. The molecule has 7 nitrogen and oxygen atoms in total. The van der Waals surface area contributed by atoms with Gasteiger partial charge in [-0.1, -0.05) is 23.5 Å². The van der Waals surface area contributed by atoms with Gasteiger partial charge in [0.1, 0.15) is 0 Å². The quantitative estimate of drug-likeness (QED) is 0.755. The van der Waals surface area contributed by atoms with Gasteiger partial charge in [-0.15, -0.1) is 0 Å². The van der Waals surface area contributed by atoms with Gasteiger partial charge in [0, 0.05) is 24.0 Å². The number of carbonyl (C=O) groups is 2. The lowest BCUT2D eigenvalue weighted by molar-refractivity contribution is -0.132. The Morgan fingerprint density at radius 2 is 2.04 bits per heavy atom. The summed E-state index contributed by atoms with van der Waals surface area (Å²) in [5.41, 5.74) is 5.23. The highest BCUT2D eigenvalue weighted by Crippen LogP contribution is 2.16. The molecule has 1 atom stereocenters. The largest absolute Gasteiger partial charge is 0.478 e. The minimum Gasteiger partial charge on any atom is -0.478 e. The number of thiazole rings is 1. The molecule has 0 radical (unpaired) electrons. The zero-order valence-electron chi connectivity index (χ0n) is 13.7. The fourth-order valence-electron chi connectivity index (χ4n) is 1.97. The number of nitrogens with zero attached hydrogens (tertiary/aromatic N) is 1. The third kappa shape index (κ3) is 5.15. The Morgan fingerprint density at radius 1 is 1.32 bits per heavy atom. The molecule has 25 heavy (non-hydrogen) atoms. The number of rotatable bonds is 6. The number of hydrazine groups is 1. The number of halogens is 1. The third-order valence-electron chi connectivity index (χ3n) is 3.37. The lowest BCUT2D eigenvalue weighted by Gasteiger charge is -2.15. The van der Waals surface area contributed by atoms with Crippen LogP contribution < -0.4 is 20.5 Å². The maximum atomic E-state index is 13.5. The maximum Gasteiger partial charge on any atom is 0.307 e. The second kappa shape index (κ2) is 8.43. The van der Waals surface area contributed by atoms with E-state index in [1.54, 1.807) is 18.4 Å². The fraction of sp³-hybridized carbons (Fsp3) is 0.312. The van der Waals surface area contributed by atoms with Crippen molar-refractivity contribution in [3.8, 4) is 5.75 Å². The van der Waals surface area contributed by atoms with Gasteiger partial charge in [-0.3, -0.25) is 25.2 Å². The maximum absolute atomic E-state index is 13.5. The monoisotopic (exact) mass is 367 g/mol. The number of ether oxygens (including phenoxy) is 1. The van der Waals surface area contributed by atoms with E-state index in [9.17, 15) is 18.8 Å². The summed E-state index contributed by atoms with van der Waals surface area (Å²) in [6, 6.07) is 5.71. The first-order valence-corrected chi connectivity index (χ1v) is 8.41. The minimum absolute atomic E-state index is 0.0281. The summed E-state index contributed by atoms with van der Waals surface area (Å²) in [5.74, 6) is -1.71. The first-order chi connectivity index (χ1) is 11.9. The van der Waals surface area contributed by atoms with Gasteiger partial charge in [-0.2, -0.15) is 0 Å². The third-order valence-corrected chi connectivity index (χ3v) is 4.25. The molecule has 2 aromatic rings. The number of carbonyl (C=O) groups excluding carboxylic acids is 2. The summed E-state index contributed by atoms with van der Waals surface area (Å²) in [4.78, 5) is 35.0. The van der Waals surface area contributed by atoms with Crippen molar-refractivity contribution in [2.24, 2.45) is 0 Å². The van der Waals surface area contributed by atoms with Crippen molar-refractivity contribution in [1.82, 2.24) is 15.4 Å². The lowest BCUT2D eigenvalue weighted by Crippen LogP contribution is -2.47. The minimum atomic E-state index is -1.00. The average molecular weight is 367 g/mol. The number of benzene rings is 1. The highest BCUT2D eigenvalue weighted by Gasteiger charge is 2.17. The van der Waals surface area contributed by atoms with Crippen LogP contribution in [0.4, 0.5) is 4.39 Å². The Bertz CT molecular complexity index is 818. The Hall–Kier alpha value is -2.68. The molecule has 1 heterocycles. The summed E-state index contributed by atoms with van der Waals surface area (Å²) in [6.07, 6.45) is -0.973. The van der Waals surface area contributed by atoms with E-state index in [2.05, 4.69) is 10.9 Å². The number of aryl methyl sites for hydroxylation is 1. The average Bonchev–Trinajstić information content (AvgIpc) is 2.91. The Kier molecular flexibility index (Phi) is 6.29. The van der Waals surface area contributed by atoms with E-state index in [1.165, 1.54) is 29.7 Å². The molecule has 0 bridgehead atoms. The molecule has 0 aliphatic carbocycles. The molecule has 0 saturated heterocycles. The first kappa shape index (κ1) is 18.7. The first-order valence-electron chi connectivity index (χ1n) is 7.53. The van der Waals surface area contributed by atoms with E-state index < -0.39 is 23.7 Å². The summed E-state index contributed by atoms with van der Waals surface area (Å²) in [5, 5.41) is 1.71. The smallest absolute Gasteiger partial charge is 0.307 e. The van der Waals surface area contributed by atoms with Crippen LogP contribution in [0.15, 0.2) is 34.4 Å². The van der Waals surface area contributed by atoms with Crippen LogP contribution in [0.2, 0.25) is 0 Å². The van der Waals surface area contributed by atoms with Crippen molar-refractivity contribution in [2.45, 2.75) is 32.9 Å². The summed E-state index contributed by atoms with van der Waals surface area (Å²) in [7, 11) is 0. The summed E-state index contributed by atoms with van der Waals surface area (Å²) in [6.45, 7) is 3.43. The van der Waals surface area contributed by atoms with E-state index >= 15 is 0 Å². The van der Waals surface area contributed by atoms with Gasteiger partial charge in [-0.05, 0) is 26.0 Å². The van der Waals surface area contributed by atoms with Gasteiger partial charge >= 0.3 is 4.87 Å². The van der Waals surface area contributed by atoms with Crippen LogP contribution in [0.5, 0.6) is 5.75 Å². The molecule has 1 aromatic heterocycles. The topological polar surface area (TPSA) is 89.4 Å². The molecule has 0 fully saturated rings. The molecule has 134 valence electrons. The molecule has 2 amide bonds. The molecule has 2 N–H and O–H groups in total. The predicted octanol–water partition coefficient (Wildman–Crippen LogP) is 1.36. The van der Waals surface area contributed by atoms with Crippen LogP contribution in [0.25, 0.3) is 0 Å². The molecule has 9 heteroatoms. The van der Waals surface area contributed by atoms with Crippen LogP contribution in [0.3, 0.4) is 0 Å². The molecule has 0 spiro atoms. The number of hydrogen-bond acceptors (Lipinski definition) is 5. The van der Waals surface area contributed by atoms with E-state index in [1.807, 2.05) is 0 Å². The zero-order valence-corrected chi connectivity index (χ0v) is 14.6. The van der Waals surface area contributed by atoms with Crippen molar-refractivity contribution in [2.75, 3.05) is 0 Å². The molecular formula is C16H18FN3O4S. The summed E-state index contributed by atoms with van der Waals surface area (Å²) < 4.78 is 20.2.